The van der Waals surface area contributed by atoms with Gasteiger partial charge in [-0.2, -0.15) is 0 Å². The van der Waals surface area contributed by atoms with Gasteiger partial charge in [0, 0.05) is 35.6 Å². The van der Waals surface area contributed by atoms with Crippen LogP contribution in [0.15, 0.2) is 36.4 Å². The number of ether oxygens (including phenoxy) is 1. The molecule has 17 heavy (non-hydrogen) atoms. The average molecular weight is 248 g/mol. The fourth-order valence-electron chi connectivity index (χ4n) is 3.41. The Morgan fingerprint density at radius 3 is 2.47 bits per heavy atom. The fourth-order valence-corrected chi connectivity index (χ4v) is 3.60. The van der Waals surface area contributed by atoms with Crippen molar-refractivity contribution in [3.8, 4) is 0 Å². The SMILES string of the molecule is Clc1cccc(N2CC3C4C=CC(O4)C3C2)c1. The molecule has 2 bridgehead atoms. The van der Waals surface area contributed by atoms with Crippen molar-refractivity contribution in [2.24, 2.45) is 11.8 Å². The van der Waals surface area contributed by atoms with E-state index in [1.807, 2.05) is 12.1 Å². The van der Waals surface area contributed by atoms with Crippen LogP contribution in [0.5, 0.6) is 0 Å². The third-order valence-electron chi connectivity index (χ3n) is 4.23. The van der Waals surface area contributed by atoms with Gasteiger partial charge < -0.3 is 9.64 Å². The number of hydrogen-bond acceptors (Lipinski definition) is 2. The van der Waals surface area contributed by atoms with Crippen LogP contribution in [0.4, 0.5) is 5.69 Å². The molecule has 0 spiro atoms. The molecule has 0 radical (unpaired) electrons. The van der Waals surface area contributed by atoms with Crippen LogP contribution in [-0.2, 0) is 4.74 Å². The van der Waals surface area contributed by atoms with E-state index in [1.165, 1.54) is 5.69 Å². The zero-order valence-electron chi connectivity index (χ0n) is 9.42. The third-order valence-corrected chi connectivity index (χ3v) is 4.47. The van der Waals surface area contributed by atoms with Gasteiger partial charge in [-0.3, -0.25) is 0 Å². The lowest BCUT2D eigenvalue weighted by Gasteiger charge is -2.21. The molecule has 4 atom stereocenters. The first kappa shape index (κ1) is 9.98. The molecule has 3 heterocycles. The first-order valence-electron chi connectivity index (χ1n) is 6.15. The standard InChI is InChI=1S/C14H14ClNO/c15-9-2-1-3-10(6-9)16-7-11-12(8-16)14-5-4-13(11)17-14/h1-6,11-14H,7-8H2. The van der Waals surface area contributed by atoms with E-state index in [9.17, 15) is 0 Å². The number of anilines is 1. The molecule has 1 aromatic rings. The molecule has 2 fully saturated rings. The molecular formula is C14H14ClNO. The monoisotopic (exact) mass is 247 g/mol. The highest BCUT2D eigenvalue weighted by Gasteiger charge is 2.50. The molecule has 0 saturated carbocycles. The van der Waals surface area contributed by atoms with Crippen LogP contribution >= 0.6 is 11.6 Å². The molecule has 2 saturated heterocycles. The molecule has 0 N–H and O–H groups in total. The van der Waals surface area contributed by atoms with Crippen LogP contribution in [0.3, 0.4) is 0 Å². The number of rotatable bonds is 1. The lowest BCUT2D eigenvalue weighted by molar-refractivity contribution is 0.100. The van der Waals surface area contributed by atoms with E-state index in [4.69, 9.17) is 16.3 Å². The number of hydrogen-bond donors (Lipinski definition) is 0. The predicted molar refractivity (Wildman–Crippen MR) is 68.4 cm³/mol. The Kier molecular flexibility index (Phi) is 2.06. The number of fused-ring (bicyclic) bond motifs is 5. The first-order chi connectivity index (χ1) is 8.31. The smallest absolute Gasteiger partial charge is 0.0814 e. The summed E-state index contributed by atoms with van der Waals surface area (Å²) < 4.78 is 5.88. The minimum absolute atomic E-state index is 0.356. The van der Waals surface area contributed by atoms with Gasteiger partial charge in [0.05, 0.1) is 12.2 Å². The van der Waals surface area contributed by atoms with Crippen molar-refractivity contribution in [3.05, 3.63) is 41.4 Å². The highest BCUT2D eigenvalue weighted by Crippen LogP contribution is 2.44. The zero-order chi connectivity index (χ0) is 11.4. The lowest BCUT2D eigenvalue weighted by Crippen LogP contribution is -2.24. The largest absolute Gasteiger partial charge is 0.371 e. The van der Waals surface area contributed by atoms with Crippen molar-refractivity contribution in [3.63, 3.8) is 0 Å². The van der Waals surface area contributed by atoms with Crippen molar-refractivity contribution >= 4 is 17.3 Å². The van der Waals surface area contributed by atoms with Gasteiger partial charge in [-0.1, -0.05) is 29.8 Å². The average Bonchev–Trinajstić information content (AvgIpc) is 3.01. The van der Waals surface area contributed by atoms with Gasteiger partial charge in [0.25, 0.3) is 0 Å². The summed E-state index contributed by atoms with van der Waals surface area (Å²) in [5, 5.41) is 0.817. The van der Waals surface area contributed by atoms with Crippen molar-refractivity contribution < 1.29 is 4.74 Å². The molecule has 4 unspecified atom stereocenters. The summed E-state index contributed by atoms with van der Waals surface area (Å²) in [6.07, 6.45) is 5.17. The summed E-state index contributed by atoms with van der Waals surface area (Å²) in [4.78, 5) is 2.44. The van der Waals surface area contributed by atoms with Crippen molar-refractivity contribution in [1.82, 2.24) is 0 Å². The maximum atomic E-state index is 6.05. The molecule has 3 aliphatic rings. The van der Waals surface area contributed by atoms with Gasteiger partial charge in [0.1, 0.15) is 0 Å². The van der Waals surface area contributed by atoms with Crippen molar-refractivity contribution in [1.29, 1.82) is 0 Å². The molecule has 3 heteroatoms. The second kappa shape index (κ2) is 3.50. The number of nitrogens with zero attached hydrogens (tertiary/aromatic N) is 1. The maximum Gasteiger partial charge on any atom is 0.0814 e. The molecule has 2 nitrogen and oxygen atoms in total. The second-order valence-corrected chi connectivity index (χ2v) is 5.60. The van der Waals surface area contributed by atoms with Gasteiger partial charge >= 0.3 is 0 Å². The second-order valence-electron chi connectivity index (χ2n) is 5.16. The van der Waals surface area contributed by atoms with Crippen LogP contribution in [0, 0.1) is 11.8 Å². The van der Waals surface area contributed by atoms with Crippen LogP contribution < -0.4 is 4.90 Å². The quantitative estimate of drug-likeness (QED) is 0.708. The fraction of sp³-hybridized carbons (Fsp3) is 0.429. The third kappa shape index (κ3) is 1.44. The molecule has 0 aromatic heterocycles. The van der Waals surface area contributed by atoms with E-state index < -0.39 is 0 Å². The minimum Gasteiger partial charge on any atom is -0.371 e. The van der Waals surface area contributed by atoms with E-state index in [-0.39, 0.29) is 0 Å². The van der Waals surface area contributed by atoms with E-state index in [1.54, 1.807) is 0 Å². The summed E-state index contributed by atoms with van der Waals surface area (Å²) >= 11 is 6.05. The minimum atomic E-state index is 0.356. The van der Waals surface area contributed by atoms with Gasteiger partial charge in [-0.25, -0.2) is 0 Å². The number of halogens is 1. The normalized spacial score (nSPS) is 37.8. The Bertz CT molecular complexity index is 467. The Labute approximate surface area is 106 Å². The lowest BCUT2D eigenvalue weighted by atomic mass is 9.86. The number of benzene rings is 1. The van der Waals surface area contributed by atoms with E-state index in [2.05, 4.69) is 29.2 Å². The van der Waals surface area contributed by atoms with Gasteiger partial charge in [0.2, 0.25) is 0 Å². The van der Waals surface area contributed by atoms with Crippen LogP contribution in [-0.4, -0.2) is 25.3 Å². The van der Waals surface area contributed by atoms with E-state index in [0.29, 0.717) is 24.0 Å². The molecule has 88 valence electrons. The Morgan fingerprint density at radius 2 is 1.82 bits per heavy atom. The summed E-state index contributed by atoms with van der Waals surface area (Å²) in [6.45, 7) is 2.19. The molecule has 0 aliphatic carbocycles. The van der Waals surface area contributed by atoms with Crippen molar-refractivity contribution in [2.45, 2.75) is 12.2 Å². The molecule has 3 aliphatic heterocycles. The predicted octanol–water partition coefficient (Wildman–Crippen LogP) is 2.73. The van der Waals surface area contributed by atoms with Crippen LogP contribution in [0.25, 0.3) is 0 Å². The molecular weight excluding hydrogens is 234 g/mol. The van der Waals surface area contributed by atoms with Gasteiger partial charge in [-0.05, 0) is 18.2 Å². The van der Waals surface area contributed by atoms with Crippen molar-refractivity contribution in [2.75, 3.05) is 18.0 Å². The van der Waals surface area contributed by atoms with Crippen LogP contribution in [0.2, 0.25) is 5.02 Å². The topological polar surface area (TPSA) is 12.5 Å². The zero-order valence-corrected chi connectivity index (χ0v) is 10.2. The summed E-state index contributed by atoms with van der Waals surface area (Å²) in [7, 11) is 0. The summed E-state index contributed by atoms with van der Waals surface area (Å²) in [6, 6.07) is 8.15. The summed E-state index contributed by atoms with van der Waals surface area (Å²) in [5.74, 6) is 1.34. The highest BCUT2D eigenvalue weighted by molar-refractivity contribution is 6.30. The molecule has 0 amide bonds. The van der Waals surface area contributed by atoms with Crippen LogP contribution in [0.1, 0.15) is 0 Å². The highest BCUT2D eigenvalue weighted by atomic mass is 35.5. The molecule has 4 rings (SSSR count). The molecule has 1 aromatic carbocycles. The summed E-state index contributed by atoms with van der Waals surface area (Å²) in [5.41, 5.74) is 1.24. The Balaban J connectivity index is 1.60. The van der Waals surface area contributed by atoms with Gasteiger partial charge in [-0.15, -0.1) is 0 Å². The van der Waals surface area contributed by atoms with Gasteiger partial charge in [0.15, 0.2) is 0 Å². The van der Waals surface area contributed by atoms with E-state index in [0.717, 1.165) is 18.1 Å². The Hall–Kier alpha value is -0.990. The Morgan fingerprint density at radius 1 is 1.12 bits per heavy atom. The maximum absolute atomic E-state index is 6.05. The first-order valence-corrected chi connectivity index (χ1v) is 6.53. The van der Waals surface area contributed by atoms with E-state index >= 15 is 0 Å².